The van der Waals surface area contributed by atoms with Gasteiger partial charge in [-0.15, -0.1) is 0 Å². The molecule has 0 unspecified atom stereocenters. The van der Waals surface area contributed by atoms with E-state index in [9.17, 15) is 36.6 Å². The van der Waals surface area contributed by atoms with Gasteiger partial charge in [0.15, 0.2) is 0 Å². The van der Waals surface area contributed by atoms with Crippen molar-refractivity contribution >= 4 is 51.4 Å². The average molecular weight is 1350 g/mol. The number of sulfonamides is 2. The number of nitroso groups, excluding NO2 is 1. The molecule has 26 nitrogen and oxygen atoms in total. The summed E-state index contributed by atoms with van der Waals surface area (Å²) >= 11 is -1.69. The van der Waals surface area contributed by atoms with Gasteiger partial charge in [-0.2, -0.15) is 20.4 Å². The quantitative estimate of drug-likeness (QED) is 0.123. The van der Waals surface area contributed by atoms with Gasteiger partial charge in [0, 0.05) is 80.8 Å². The van der Waals surface area contributed by atoms with Crippen LogP contribution in [0.4, 0.5) is 9.59 Å². The van der Waals surface area contributed by atoms with Crippen LogP contribution in [-0.4, -0.2) is 237 Å². The van der Waals surface area contributed by atoms with E-state index in [1.54, 1.807) is 33.2 Å². The van der Waals surface area contributed by atoms with E-state index < -0.39 is 76.6 Å². The Morgan fingerprint density at radius 1 is 0.750 bits per heavy atom. The number of ether oxygens (including phenoxy) is 6. The van der Waals surface area contributed by atoms with Crippen LogP contribution >= 0.6 is 7.36 Å². The molecule has 6 atom stereocenters. The molecule has 5 saturated heterocycles. The molecule has 0 aromatic rings. The van der Waals surface area contributed by atoms with Crippen molar-refractivity contribution in [2.45, 2.75) is 95.8 Å². The Morgan fingerprint density at radius 3 is 1.36 bits per heavy atom. The monoisotopic (exact) mass is 1350 g/mol. The first kappa shape index (κ1) is 79.4. The fraction of sp³-hybridized carbons (Fsp3) is 0.756. The van der Waals surface area contributed by atoms with E-state index in [1.165, 1.54) is 29.6 Å². The molecule has 448 valence electrons. The fourth-order valence-electron chi connectivity index (χ4n) is 6.26. The molecule has 5 fully saturated rings. The number of aliphatic hydroxyl groups is 3. The van der Waals surface area contributed by atoms with Crippen LogP contribution in [0.3, 0.4) is 0 Å². The number of methoxy groups -OCH3 is 4. The molecular weight excluding hydrogens is 1260 g/mol. The van der Waals surface area contributed by atoms with Crippen molar-refractivity contribution < 1.29 is 99.2 Å². The van der Waals surface area contributed by atoms with Gasteiger partial charge in [0.05, 0.1) is 63.7 Å². The van der Waals surface area contributed by atoms with Crippen molar-refractivity contribution in [2.24, 2.45) is 5.18 Å². The first-order chi connectivity index (χ1) is 34.6. The van der Waals surface area contributed by atoms with Gasteiger partial charge in [-0.1, -0.05) is 43.3 Å². The first-order valence-corrected chi connectivity index (χ1v) is 32.9. The molecule has 0 aromatic heterocycles. The fourth-order valence-corrected chi connectivity index (χ4v) is 7.93. The van der Waals surface area contributed by atoms with Crippen molar-refractivity contribution in [3.8, 4) is 0 Å². The Balaban J connectivity index is -0.000000406. The van der Waals surface area contributed by atoms with E-state index in [2.05, 4.69) is 55.5 Å². The molecule has 0 aliphatic carbocycles. The van der Waals surface area contributed by atoms with E-state index >= 15 is 0 Å². The van der Waals surface area contributed by atoms with Crippen molar-refractivity contribution in [1.82, 2.24) is 23.7 Å². The zero-order valence-electron chi connectivity index (χ0n) is 46.7. The summed E-state index contributed by atoms with van der Waals surface area (Å²) in [6.45, 7) is 36.8. The summed E-state index contributed by atoms with van der Waals surface area (Å²) in [6, 6.07) is 0. The molecule has 31 heteroatoms. The molecule has 0 radical (unpaired) electrons. The van der Waals surface area contributed by atoms with Crippen LogP contribution < -0.4 is 5.32 Å². The molecule has 5 aliphatic rings. The Labute approximate surface area is 460 Å². The van der Waals surface area contributed by atoms with E-state index in [0.29, 0.717) is 38.3 Å². The van der Waals surface area contributed by atoms with E-state index in [0.717, 1.165) is 47.7 Å². The van der Waals surface area contributed by atoms with Crippen LogP contribution in [0.5, 0.6) is 0 Å². The molecule has 5 heterocycles. The van der Waals surface area contributed by atoms with Gasteiger partial charge in [-0.05, 0) is 77.9 Å². The summed E-state index contributed by atoms with van der Waals surface area (Å²) < 4.78 is 112. The third kappa shape index (κ3) is 35.5. The van der Waals surface area contributed by atoms with E-state index in [-0.39, 0.29) is 44.0 Å². The summed E-state index contributed by atoms with van der Waals surface area (Å²) in [5.41, 5.74) is 1.13. The molecule has 4 N–H and O–H groups in total. The van der Waals surface area contributed by atoms with Crippen molar-refractivity contribution in [1.29, 1.82) is 0 Å². The minimum absolute atomic E-state index is 0.0579. The maximum absolute atomic E-state index is 11.7. The number of rotatable bonds is 7. The topological polar surface area (TPSA) is 341 Å². The van der Waals surface area contributed by atoms with Gasteiger partial charge in [-0.3, -0.25) is 0 Å². The van der Waals surface area contributed by atoms with Gasteiger partial charge < -0.3 is 65.8 Å². The molecule has 76 heavy (non-hydrogen) atoms. The number of aliphatic hydroxyl groups excluding tert-OH is 2. The number of nitrogens with one attached hydrogen (secondary N) is 1. The molecule has 5 aliphatic heterocycles. The second kappa shape index (κ2) is 37.8. The van der Waals surface area contributed by atoms with Gasteiger partial charge in [0.25, 0.3) is 0 Å². The molecular formula is C45H86N6O20OsPS3-. The summed E-state index contributed by atoms with van der Waals surface area (Å²) in [6.07, 6.45) is 0.330. The first-order valence-electron chi connectivity index (χ1n) is 22.7. The number of likely N-dealkylation sites (tertiary alicyclic amines) is 2. The third-order valence-electron chi connectivity index (χ3n) is 9.91. The zero-order chi connectivity index (χ0) is 60.8. The van der Waals surface area contributed by atoms with Crippen molar-refractivity contribution in [3.63, 3.8) is 0 Å². The van der Waals surface area contributed by atoms with Crippen LogP contribution in [-0.2, 0) is 89.3 Å². The number of hydrogen-bond acceptors (Lipinski definition) is 23. The van der Waals surface area contributed by atoms with Gasteiger partial charge in [0.2, 0.25) is 20.0 Å². The Hall–Kier alpha value is -3.04. The zero-order valence-corrected chi connectivity index (χ0v) is 52.6. The summed E-state index contributed by atoms with van der Waals surface area (Å²) in [7, 11) is 2.02. The number of β-amino-alcohol motifs (C(OH)–C–C–N with tert-alkyl or cyclic N) is 2. The van der Waals surface area contributed by atoms with E-state index in [4.69, 9.17) is 52.6 Å². The number of hydrogen-bond donors (Lipinski definition) is 4. The average Bonchev–Trinajstić information content (AvgIpc) is 4.12. The Kier molecular flexibility index (Phi) is 39.5. The number of carbonyl (C=O) groups excluding carboxylic acids is 2. The van der Waals surface area contributed by atoms with Gasteiger partial charge in [0.1, 0.15) is 22.9 Å². The van der Waals surface area contributed by atoms with Crippen LogP contribution in [0, 0.1) is 11.8 Å². The van der Waals surface area contributed by atoms with Crippen LogP contribution in [0.1, 0.15) is 48.5 Å². The number of amides is 2. The third-order valence-corrected chi connectivity index (χ3v) is 12.3. The Morgan fingerprint density at radius 2 is 1.12 bits per heavy atom. The summed E-state index contributed by atoms with van der Waals surface area (Å²) in [5, 5.41) is 33.5. The van der Waals surface area contributed by atoms with E-state index in [1.807, 2.05) is 48.2 Å². The SMILES string of the molecule is C=C1CN(C(=O)OC(C)(C)C)C[C@@H]1OC.C=C1CN(C(=O)OC(C)(C)C)C[C@H]1O.C=C1CN(S(C)(=O)=O)C[C@@H]1OC.C=C1CNC[C@@H]1OC.CN=O.CO[C@H]1CN(S(C)(=O)=O)C[C@@]1(O)CO.CP=S.[CH2-]C.[O]=[Os](=[O])(=[O])=[O]. The van der Waals surface area contributed by atoms with Crippen LogP contribution in [0.2, 0.25) is 0 Å². The molecule has 0 saturated carbocycles. The van der Waals surface area contributed by atoms with Crippen molar-refractivity contribution in [2.75, 3.05) is 127 Å². The molecule has 5 rings (SSSR count). The summed E-state index contributed by atoms with van der Waals surface area (Å²) in [4.78, 5) is 34.8. The van der Waals surface area contributed by atoms with Crippen molar-refractivity contribution in [3.05, 3.63) is 60.4 Å². The molecule has 0 aromatic carbocycles. The predicted molar refractivity (Wildman–Crippen MR) is 285 cm³/mol. The number of carbonyl (C=O) groups is 2. The Bertz CT molecular complexity index is 2290. The minimum atomic E-state index is -6.06. The van der Waals surface area contributed by atoms with Gasteiger partial charge in [-0.25, -0.2) is 26.4 Å². The molecule has 0 spiro atoms. The predicted octanol–water partition coefficient (Wildman–Crippen LogP) is 2.73. The van der Waals surface area contributed by atoms with Crippen LogP contribution in [0.25, 0.3) is 0 Å². The van der Waals surface area contributed by atoms with Gasteiger partial charge >= 0.3 is 41.2 Å². The van der Waals surface area contributed by atoms with Crippen LogP contribution in [0.15, 0.2) is 53.8 Å². The number of nitrogens with zero attached hydrogens (tertiary/aromatic N) is 5. The second-order valence-electron chi connectivity index (χ2n) is 18.5. The molecule has 2 amide bonds. The normalized spacial score (nSPS) is 23.5. The summed E-state index contributed by atoms with van der Waals surface area (Å²) in [5.74, 6) is 0. The maximum atomic E-state index is 11.7. The second-order valence-corrected chi connectivity index (χ2v) is 26.5. The molecule has 0 bridgehead atoms. The standard InChI is InChI=1S/C11H19NO3.C10H17NO3.C7H15NO5S.C7H13NO3S.C6H11NO.C2H5.CH3NO.CH3PS.4O.Os/c1-8-6-12(7-9(8)14-5)10(13)15-11(2,3)4;1-7-5-11(6-8(7)12)9(13)14-10(2,3)4;1-13-6-3-8(14(2,11)12)4-7(6,10)5-9;1-6-4-8(12(3,9)10)5-7(6)11-2;1-5-3-7-4-6(5)8-2;1-2;2*1-2-3;;;;;/h9H,1,6-7H2,2-5H3;8,12H,1,5-6H2,2-4H3;6,9-10H,3-5H2,1-2H3;7H,1,4-5H2,2-3H3;6-7H,1,3-4H2,2H3;1H2,2H3;2*1H3;;;;;/q;;;;;-1;;;;;;;/t9-;8-;6-,7+;7-;6-;;;;;;;;/m01000......../s1.